The molecular formula is C20H22ClFN2O3S. The fourth-order valence-corrected chi connectivity index (χ4v) is 4.92. The number of benzene rings is 2. The molecule has 1 aliphatic heterocycles. The monoisotopic (exact) mass is 424 g/mol. The van der Waals surface area contributed by atoms with E-state index in [0.717, 1.165) is 17.7 Å². The number of sulfonamides is 1. The van der Waals surface area contributed by atoms with Crippen molar-refractivity contribution in [2.45, 2.75) is 24.2 Å². The van der Waals surface area contributed by atoms with Crippen molar-refractivity contribution in [1.82, 2.24) is 9.21 Å². The van der Waals surface area contributed by atoms with Gasteiger partial charge >= 0.3 is 0 Å². The molecule has 0 aromatic heterocycles. The highest BCUT2D eigenvalue weighted by Gasteiger charge is 2.28. The summed E-state index contributed by atoms with van der Waals surface area (Å²) < 4.78 is 40.0. The molecule has 0 N–H and O–H groups in total. The molecule has 5 nitrogen and oxygen atoms in total. The Labute approximate surface area is 169 Å². The molecule has 0 unspecified atom stereocenters. The summed E-state index contributed by atoms with van der Waals surface area (Å²) in [6.07, 6.45) is 1.50. The third kappa shape index (κ3) is 5.10. The summed E-state index contributed by atoms with van der Waals surface area (Å²) in [5.41, 5.74) is 0.996. The predicted octanol–water partition coefficient (Wildman–Crippen LogP) is 3.33. The molecule has 2 aromatic carbocycles. The molecule has 150 valence electrons. The van der Waals surface area contributed by atoms with Gasteiger partial charge in [0.25, 0.3) is 0 Å². The van der Waals surface area contributed by atoms with E-state index in [4.69, 9.17) is 11.6 Å². The molecule has 0 saturated carbocycles. The molecule has 8 heteroatoms. The summed E-state index contributed by atoms with van der Waals surface area (Å²) in [6, 6.07) is 12.2. The molecule has 1 aliphatic rings. The molecule has 3 rings (SSSR count). The van der Waals surface area contributed by atoms with E-state index < -0.39 is 15.8 Å². The van der Waals surface area contributed by atoms with Crippen molar-refractivity contribution in [2.24, 2.45) is 0 Å². The minimum absolute atomic E-state index is 0.000931. The van der Waals surface area contributed by atoms with Gasteiger partial charge < -0.3 is 4.90 Å². The first-order chi connectivity index (χ1) is 13.4. The molecular weight excluding hydrogens is 403 g/mol. The van der Waals surface area contributed by atoms with Crippen LogP contribution in [0.25, 0.3) is 0 Å². The lowest BCUT2D eigenvalue weighted by Crippen LogP contribution is -2.37. The third-order valence-electron chi connectivity index (χ3n) is 4.78. The first-order valence-electron chi connectivity index (χ1n) is 9.14. The summed E-state index contributed by atoms with van der Waals surface area (Å²) in [5, 5.41) is 0.640. The van der Waals surface area contributed by atoms with Gasteiger partial charge in [0.05, 0.1) is 4.90 Å². The van der Waals surface area contributed by atoms with Crippen molar-refractivity contribution in [3.05, 3.63) is 64.9 Å². The Kier molecular flexibility index (Phi) is 6.69. The van der Waals surface area contributed by atoms with Crippen LogP contribution in [-0.4, -0.2) is 49.7 Å². The van der Waals surface area contributed by atoms with E-state index in [-0.39, 0.29) is 17.3 Å². The number of carbonyl (C=O) groups excluding carboxylic acids is 1. The molecule has 0 bridgehead atoms. The van der Waals surface area contributed by atoms with Gasteiger partial charge in [-0.3, -0.25) is 4.79 Å². The maximum absolute atomic E-state index is 13.1. The number of nitrogens with zero attached hydrogens (tertiary/aromatic N) is 2. The Bertz CT molecular complexity index is 935. The number of aryl methyl sites for hydroxylation is 1. The fraction of sp³-hybridized carbons (Fsp3) is 0.350. The van der Waals surface area contributed by atoms with E-state index in [1.807, 2.05) is 18.2 Å². The Hall–Kier alpha value is -1.96. The smallest absolute Gasteiger partial charge is 0.243 e. The minimum Gasteiger partial charge on any atom is -0.341 e. The van der Waals surface area contributed by atoms with Gasteiger partial charge in [-0.25, -0.2) is 12.8 Å². The molecule has 0 spiro atoms. The van der Waals surface area contributed by atoms with Crippen LogP contribution in [0.2, 0.25) is 5.02 Å². The van der Waals surface area contributed by atoms with Crippen LogP contribution in [0, 0.1) is 5.82 Å². The fourth-order valence-electron chi connectivity index (χ4n) is 3.24. The average Bonchev–Trinajstić information content (AvgIpc) is 2.93. The van der Waals surface area contributed by atoms with Crippen molar-refractivity contribution in [1.29, 1.82) is 0 Å². The molecule has 0 atom stereocenters. The Balaban J connectivity index is 1.59. The maximum Gasteiger partial charge on any atom is 0.243 e. The zero-order valence-electron chi connectivity index (χ0n) is 15.4. The maximum atomic E-state index is 13.1. The van der Waals surface area contributed by atoms with Crippen molar-refractivity contribution in [3.63, 3.8) is 0 Å². The molecule has 1 amide bonds. The number of amides is 1. The zero-order chi connectivity index (χ0) is 20.1. The van der Waals surface area contributed by atoms with Gasteiger partial charge in [0, 0.05) is 37.6 Å². The third-order valence-corrected chi connectivity index (χ3v) is 6.92. The van der Waals surface area contributed by atoms with Gasteiger partial charge in [0.2, 0.25) is 15.9 Å². The van der Waals surface area contributed by atoms with E-state index in [1.54, 1.807) is 11.0 Å². The van der Waals surface area contributed by atoms with E-state index in [1.165, 1.54) is 16.4 Å². The summed E-state index contributed by atoms with van der Waals surface area (Å²) >= 11 is 5.97. The van der Waals surface area contributed by atoms with Gasteiger partial charge in [-0.2, -0.15) is 4.31 Å². The van der Waals surface area contributed by atoms with E-state index in [0.29, 0.717) is 43.9 Å². The number of halogens is 2. The Morgan fingerprint density at radius 2 is 1.79 bits per heavy atom. The molecule has 0 aliphatic carbocycles. The van der Waals surface area contributed by atoms with Crippen LogP contribution < -0.4 is 0 Å². The number of hydrogen-bond donors (Lipinski definition) is 0. The lowest BCUT2D eigenvalue weighted by atomic mass is 10.1. The average molecular weight is 425 g/mol. The van der Waals surface area contributed by atoms with Crippen molar-refractivity contribution in [3.8, 4) is 0 Å². The predicted molar refractivity (Wildman–Crippen MR) is 106 cm³/mol. The number of carbonyl (C=O) groups is 1. The zero-order valence-corrected chi connectivity index (χ0v) is 16.9. The van der Waals surface area contributed by atoms with Crippen LogP contribution in [0.3, 0.4) is 0 Å². The van der Waals surface area contributed by atoms with E-state index in [9.17, 15) is 17.6 Å². The molecule has 28 heavy (non-hydrogen) atoms. The van der Waals surface area contributed by atoms with Crippen molar-refractivity contribution >= 4 is 27.5 Å². The first kappa shape index (κ1) is 20.8. The molecule has 2 aromatic rings. The first-order valence-corrected chi connectivity index (χ1v) is 11.0. The second kappa shape index (κ2) is 9.03. The number of hydrogen-bond acceptors (Lipinski definition) is 3. The van der Waals surface area contributed by atoms with Crippen molar-refractivity contribution < 1.29 is 17.6 Å². The van der Waals surface area contributed by atoms with Gasteiger partial charge in [0.1, 0.15) is 5.82 Å². The second-order valence-corrected chi connectivity index (χ2v) is 9.10. The second-order valence-electron chi connectivity index (χ2n) is 6.72. The molecule has 1 saturated heterocycles. The lowest BCUT2D eigenvalue weighted by molar-refractivity contribution is -0.131. The SMILES string of the molecule is O=C(CCc1cccc(Cl)c1)N1CCCN(S(=O)(=O)c2ccc(F)cc2)CC1. The van der Waals surface area contributed by atoms with Crippen LogP contribution in [0.4, 0.5) is 4.39 Å². The summed E-state index contributed by atoms with van der Waals surface area (Å²) in [7, 11) is -3.70. The molecule has 0 radical (unpaired) electrons. The van der Waals surface area contributed by atoms with E-state index >= 15 is 0 Å². The minimum atomic E-state index is -3.70. The highest BCUT2D eigenvalue weighted by molar-refractivity contribution is 7.89. The highest BCUT2D eigenvalue weighted by Crippen LogP contribution is 2.19. The summed E-state index contributed by atoms with van der Waals surface area (Å²) in [4.78, 5) is 14.3. The quantitative estimate of drug-likeness (QED) is 0.739. The molecule has 1 heterocycles. The van der Waals surface area contributed by atoms with Gasteiger partial charge in [-0.15, -0.1) is 0 Å². The van der Waals surface area contributed by atoms with Crippen molar-refractivity contribution in [2.75, 3.05) is 26.2 Å². The Morgan fingerprint density at radius 1 is 1.04 bits per heavy atom. The molecule has 1 fully saturated rings. The van der Waals surface area contributed by atoms with Crippen LogP contribution >= 0.6 is 11.6 Å². The van der Waals surface area contributed by atoms with Crippen LogP contribution in [0.5, 0.6) is 0 Å². The van der Waals surface area contributed by atoms with Crippen LogP contribution in [0.1, 0.15) is 18.4 Å². The topological polar surface area (TPSA) is 57.7 Å². The van der Waals surface area contributed by atoms with Gasteiger partial charge in [-0.05, 0) is 54.8 Å². The van der Waals surface area contributed by atoms with E-state index in [2.05, 4.69) is 0 Å². The number of rotatable bonds is 5. The van der Waals surface area contributed by atoms with Crippen LogP contribution in [0.15, 0.2) is 53.4 Å². The Morgan fingerprint density at radius 3 is 2.50 bits per heavy atom. The lowest BCUT2D eigenvalue weighted by Gasteiger charge is -2.22. The van der Waals surface area contributed by atoms with Gasteiger partial charge in [-0.1, -0.05) is 23.7 Å². The summed E-state index contributed by atoms with van der Waals surface area (Å²) in [6.45, 7) is 1.42. The van der Waals surface area contributed by atoms with Crippen LogP contribution in [-0.2, 0) is 21.2 Å². The highest BCUT2D eigenvalue weighted by atomic mass is 35.5. The summed E-state index contributed by atoms with van der Waals surface area (Å²) in [5.74, 6) is -0.479. The standard InChI is InChI=1S/C20H22ClFN2O3S/c21-17-4-1-3-16(15-17)5-10-20(25)23-11-2-12-24(14-13-23)28(26,27)19-8-6-18(22)7-9-19/h1,3-4,6-9,15H,2,5,10-14H2. The van der Waals surface area contributed by atoms with Gasteiger partial charge in [0.15, 0.2) is 0 Å². The largest absolute Gasteiger partial charge is 0.341 e. The normalized spacial score (nSPS) is 16.0.